The van der Waals surface area contributed by atoms with E-state index < -0.39 is 0 Å². The van der Waals surface area contributed by atoms with Crippen molar-refractivity contribution in [3.63, 3.8) is 0 Å². The maximum absolute atomic E-state index is 2.36. The standard InChI is InChI=1S/C18H19N.C2H6/c1-14(2)17-13-19(12-15-8-4-3-5-9-15)18-11-7-6-10-16(17)18;1-2/h3-11,13-14H,12H2,1-2H3;1-2H3. The Morgan fingerprint density at radius 1 is 0.857 bits per heavy atom. The average molecular weight is 279 g/mol. The highest BCUT2D eigenvalue weighted by Gasteiger charge is 2.10. The van der Waals surface area contributed by atoms with Crippen LogP contribution in [-0.2, 0) is 6.54 Å². The Bertz CT molecular complexity index is 677. The second-order valence-electron chi connectivity index (χ2n) is 5.37. The molecule has 110 valence electrons. The van der Waals surface area contributed by atoms with Crippen molar-refractivity contribution in [2.24, 2.45) is 0 Å². The molecule has 0 unspecified atom stereocenters. The van der Waals surface area contributed by atoms with E-state index >= 15 is 0 Å². The van der Waals surface area contributed by atoms with E-state index in [9.17, 15) is 0 Å². The number of benzene rings is 2. The number of aromatic nitrogens is 1. The summed E-state index contributed by atoms with van der Waals surface area (Å²) in [4.78, 5) is 0. The van der Waals surface area contributed by atoms with Gasteiger partial charge >= 0.3 is 0 Å². The molecule has 0 aliphatic heterocycles. The SMILES string of the molecule is CC.CC(C)c1cn(Cc2ccccc2)c2ccccc12. The predicted molar refractivity (Wildman–Crippen MR) is 92.9 cm³/mol. The van der Waals surface area contributed by atoms with Gasteiger partial charge in [-0.05, 0) is 23.1 Å². The van der Waals surface area contributed by atoms with E-state index in [-0.39, 0.29) is 0 Å². The maximum atomic E-state index is 2.36. The molecule has 0 bridgehead atoms. The third-order valence-electron chi connectivity index (χ3n) is 3.64. The molecule has 1 heteroatoms. The minimum absolute atomic E-state index is 0.557. The van der Waals surface area contributed by atoms with Gasteiger partial charge in [-0.3, -0.25) is 0 Å². The highest BCUT2D eigenvalue weighted by Crippen LogP contribution is 2.27. The number of fused-ring (bicyclic) bond motifs is 1. The topological polar surface area (TPSA) is 4.93 Å². The van der Waals surface area contributed by atoms with Crippen molar-refractivity contribution in [3.8, 4) is 0 Å². The molecule has 0 radical (unpaired) electrons. The quantitative estimate of drug-likeness (QED) is 0.567. The fourth-order valence-electron chi connectivity index (χ4n) is 2.65. The number of rotatable bonds is 3. The lowest BCUT2D eigenvalue weighted by Crippen LogP contribution is -1.97. The van der Waals surface area contributed by atoms with Gasteiger partial charge in [0.15, 0.2) is 0 Å². The zero-order valence-corrected chi connectivity index (χ0v) is 13.5. The normalized spacial score (nSPS) is 10.5. The summed E-state index contributed by atoms with van der Waals surface area (Å²) in [5, 5.41) is 1.38. The lowest BCUT2D eigenvalue weighted by atomic mass is 10.0. The molecule has 0 fully saturated rings. The van der Waals surface area contributed by atoms with E-state index in [2.05, 4.69) is 79.2 Å². The first kappa shape index (κ1) is 15.4. The molecule has 0 saturated carbocycles. The van der Waals surface area contributed by atoms with Gasteiger partial charge in [0.2, 0.25) is 0 Å². The summed E-state index contributed by atoms with van der Waals surface area (Å²) in [5.74, 6) is 0.557. The van der Waals surface area contributed by atoms with Gasteiger partial charge in [0, 0.05) is 23.6 Å². The van der Waals surface area contributed by atoms with Crippen LogP contribution in [0.25, 0.3) is 10.9 Å². The Hall–Kier alpha value is -2.02. The number of para-hydroxylation sites is 1. The van der Waals surface area contributed by atoms with E-state index in [1.807, 2.05) is 13.8 Å². The molecular weight excluding hydrogens is 254 g/mol. The van der Waals surface area contributed by atoms with Gasteiger partial charge in [0.1, 0.15) is 0 Å². The number of nitrogens with zero attached hydrogens (tertiary/aromatic N) is 1. The smallest absolute Gasteiger partial charge is 0.0486 e. The number of hydrogen-bond acceptors (Lipinski definition) is 0. The summed E-state index contributed by atoms with van der Waals surface area (Å²) < 4.78 is 2.36. The van der Waals surface area contributed by atoms with Crippen LogP contribution in [0.4, 0.5) is 0 Å². The van der Waals surface area contributed by atoms with Gasteiger partial charge in [-0.1, -0.05) is 76.2 Å². The van der Waals surface area contributed by atoms with E-state index in [0.717, 1.165) is 6.54 Å². The van der Waals surface area contributed by atoms with Crippen molar-refractivity contribution in [1.82, 2.24) is 4.57 Å². The van der Waals surface area contributed by atoms with Crippen LogP contribution < -0.4 is 0 Å². The highest BCUT2D eigenvalue weighted by molar-refractivity contribution is 5.84. The van der Waals surface area contributed by atoms with Gasteiger partial charge in [0.25, 0.3) is 0 Å². The Labute approximate surface area is 128 Å². The Morgan fingerprint density at radius 3 is 2.14 bits per heavy atom. The van der Waals surface area contributed by atoms with Crippen LogP contribution in [-0.4, -0.2) is 4.57 Å². The molecule has 1 aromatic heterocycles. The lowest BCUT2D eigenvalue weighted by molar-refractivity contribution is 0.809. The van der Waals surface area contributed by atoms with Crippen molar-refractivity contribution in [2.75, 3.05) is 0 Å². The third kappa shape index (κ3) is 3.36. The molecule has 0 aliphatic rings. The fourth-order valence-corrected chi connectivity index (χ4v) is 2.65. The summed E-state index contributed by atoms with van der Waals surface area (Å²) in [5.41, 5.74) is 4.11. The molecule has 0 saturated heterocycles. The van der Waals surface area contributed by atoms with Gasteiger partial charge in [-0.2, -0.15) is 0 Å². The van der Waals surface area contributed by atoms with Crippen molar-refractivity contribution in [3.05, 3.63) is 71.9 Å². The highest BCUT2D eigenvalue weighted by atomic mass is 15.0. The fraction of sp³-hybridized carbons (Fsp3) is 0.300. The third-order valence-corrected chi connectivity index (χ3v) is 3.64. The van der Waals surface area contributed by atoms with E-state index in [4.69, 9.17) is 0 Å². The van der Waals surface area contributed by atoms with Crippen molar-refractivity contribution in [2.45, 2.75) is 40.2 Å². The minimum atomic E-state index is 0.557. The molecule has 3 rings (SSSR count). The summed E-state index contributed by atoms with van der Waals surface area (Å²) in [6.45, 7) is 9.46. The van der Waals surface area contributed by atoms with Gasteiger partial charge in [-0.15, -0.1) is 0 Å². The molecule has 0 N–H and O–H groups in total. The Morgan fingerprint density at radius 2 is 1.48 bits per heavy atom. The second-order valence-corrected chi connectivity index (χ2v) is 5.37. The largest absolute Gasteiger partial charge is 0.343 e. The van der Waals surface area contributed by atoms with Gasteiger partial charge < -0.3 is 4.57 Å². The predicted octanol–water partition coefficient (Wildman–Crippen LogP) is 5.84. The van der Waals surface area contributed by atoms with E-state index in [0.29, 0.717) is 5.92 Å². The van der Waals surface area contributed by atoms with Crippen LogP contribution in [0.1, 0.15) is 44.7 Å². The van der Waals surface area contributed by atoms with E-state index in [1.165, 1.54) is 22.0 Å². The van der Waals surface area contributed by atoms with Crippen LogP contribution in [0.2, 0.25) is 0 Å². The summed E-state index contributed by atoms with van der Waals surface area (Å²) in [7, 11) is 0. The molecule has 0 atom stereocenters. The van der Waals surface area contributed by atoms with Crippen LogP contribution in [0.5, 0.6) is 0 Å². The van der Waals surface area contributed by atoms with Crippen molar-refractivity contribution in [1.29, 1.82) is 0 Å². The zero-order valence-electron chi connectivity index (χ0n) is 13.5. The monoisotopic (exact) mass is 279 g/mol. The summed E-state index contributed by atoms with van der Waals surface area (Å²) in [6.07, 6.45) is 2.31. The first-order valence-corrected chi connectivity index (χ1v) is 7.87. The summed E-state index contributed by atoms with van der Waals surface area (Å²) in [6, 6.07) is 19.3. The Balaban J connectivity index is 0.000000774. The number of hydrogen-bond donors (Lipinski definition) is 0. The molecule has 0 amide bonds. The molecule has 1 heterocycles. The molecule has 0 spiro atoms. The molecule has 2 aromatic carbocycles. The van der Waals surface area contributed by atoms with Crippen LogP contribution in [0.3, 0.4) is 0 Å². The molecule has 21 heavy (non-hydrogen) atoms. The van der Waals surface area contributed by atoms with E-state index in [1.54, 1.807) is 0 Å². The minimum Gasteiger partial charge on any atom is -0.343 e. The molecule has 1 nitrogen and oxygen atoms in total. The zero-order chi connectivity index (χ0) is 15.2. The first-order chi connectivity index (χ1) is 10.3. The van der Waals surface area contributed by atoms with Crippen LogP contribution in [0, 0.1) is 0 Å². The first-order valence-electron chi connectivity index (χ1n) is 7.87. The van der Waals surface area contributed by atoms with Gasteiger partial charge in [-0.25, -0.2) is 0 Å². The van der Waals surface area contributed by atoms with Crippen molar-refractivity contribution >= 4 is 10.9 Å². The lowest BCUT2D eigenvalue weighted by Gasteiger charge is -2.05. The molecular formula is C20H25N. The maximum Gasteiger partial charge on any atom is 0.0486 e. The van der Waals surface area contributed by atoms with Crippen molar-refractivity contribution < 1.29 is 0 Å². The van der Waals surface area contributed by atoms with Gasteiger partial charge in [0.05, 0.1) is 0 Å². The molecule has 3 aromatic rings. The van der Waals surface area contributed by atoms with Crippen LogP contribution >= 0.6 is 0 Å². The van der Waals surface area contributed by atoms with Crippen LogP contribution in [0.15, 0.2) is 60.8 Å². The summed E-state index contributed by atoms with van der Waals surface area (Å²) >= 11 is 0. The average Bonchev–Trinajstić information content (AvgIpc) is 2.90. The second kappa shape index (κ2) is 7.12. The molecule has 0 aliphatic carbocycles. The Kier molecular flexibility index (Phi) is 5.21.